The molecule has 1 heterocycles. The first-order chi connectivity index (χ1) is 7.24. The Hall–Kier alpha value is -0.410. The summed E-state index contributed by atoms with van der Waals surface area (Å²) in [7, 11) is 0. The second-order valence-corrected chi connectivity index (χ2v) is 5.82. The van der Waals surface area contributed by atoms with Crippen molar-refractivity contribution in [2.75, 3.05) is 13.1 Å². The van der Waals surface area contributed by atoms with E-state index >= 15 is 0 Å². The van der Waals surface area contributed by atoms with Crippen LogP contribution in [0.15, 0.2) is 11.7 Å². The Bertz CT molecular complexity index is 293. The fourth-order valence-electron chi connectivity index (χ4n) is 2.27. The van der Waals surface area contributed by atoms with Crippen molar-refractivity contribution in [1.82, 2.24) is 10.3 Å². The summed E-state index contributed by atoms with van der Waals surface area (Å²) in [6.07, 6.45) is 6.05. The number of aromatic nitrogens is 1. The number of hydrogen-bond donors (Lipinski definition) is 1. The van der Waals surface area contributed by atoms with Crippen molar-refractivity contribution in [3.8, 4) is 0 Å². The zero-order chi connectivity index (χ0) is 10.7. The highest BCUT2D eigenvalue weighted by atomic mass is 32.1. The fraction of sp³-hybridized carbons (Fsp3) is 0.750. The predicted octanol–water partition coefficient (Wildman–Crippen LogP) is 2.71. The van der Waals surface area contributed by atoms with Crippen LogP contribution in [0.1, 0.15) is 31.6 Å². The molecular formula is C12H20N2S. The average molecular weight is 224 g/mol. The Morgan fingerprint density at radius 2 is 2.40 bits per heavy atom. The van der Waals surface area contributed by atoms with E-state index < -0.39 is 0 Å². The zero-order valence-corrected chi connectivity index (χ0v) is 10.4. The van der Waals surface area contributed by atoms with Gasteiger partial charge in [-0.05, 0) is 37.1 Å². The van der Waals surface area contributed by atoms with Gasteiger partial charge >= 0.3 is 0 Å². The number of thiazole rings is 1. The summed E-state index contributed by atoms with van der Waals surface area (Å²) in [6, 6.07) is 0. The predicted molar refractivity (Wildman–Crippen MR) is 65.2 cm³/mol. The molecule has 84 valence electrons. The largest absolute Gasteiger partial charge is 0.316 e. The molecule has 15 heavy (non-hydrogen) atoms. The van der Waals surface area contributed by atoms with E-state index in [1.165, 1.54) is 24.1 Å². The van der Waals surface area contributed by atoms with Crippen LogP contribution < -0.4 is 5.32 Å². The molecule has 0 bridgehead atoms. The van der Waals surface area contributed by atoms with Gasteiger partial charge in [0.1, 0.15) is 0 Å². The molecule has 1 aliphatic rings. The Morgan fingerprint density at radius 1 is 1.60 bits per heavy atom. The summed E-state index contributed by atoms with van der Waals surface area (Å²) in [6.45, 7) is 6.82. The quantitative estimate of drug-likeness (QED) is 0.803. The van der Waals surface area contributed by atoms with E-state index in [4.69, 9.17) is 0 Å². The topological polar surface area (TPSA) is 24.9 Å². The molecule has 1 N–H and O–H groups in total. The minimum atomic E-state index is 0.447. The third-order valence-corrected chi connectivity index (χ3v) is 4.18. The van der Waals surface area contributed by atoms with E-state index in [9.17, 15) is 0 Å². The summed E-state index contributed by atoms with van der Waals surface area (Å²) in [5.74, 6) is 0.929. The summed E-state index contributed by atoms with van der Waals surface area (Å²) in [5.41, 5.74) is 2.39. The van der Waals surface area contributed by atoms with Crippen molar-refractivity contribution in [3.05, 3.63) is 16.6 Å². The Labute approximate surface area is 96.1 Å². The van der Waals surface area contributed by atoms with Gasteiger partial charge in [0.15, 0.2) is 0 Å². The lowest BCUT2D eigenvalue weighted by Gasteiger charge is -2.29. The molecule has 2 rings (SSSR count). The number of nitrogens with zero attached hydrogens (tertiary/aromatic N) is 1. The summed E-state index contributed by atoms with van der Waals surface area (Å²) >= 11 is 1.79. The lowest BCUT2D eigenvalue weighted by Crippen LogP contribution is -2.35. The van der Waals surface area contributed by atoms with Gasteiger partial charge in [0.05, 0.1) is 5.51 Å². The Morgan fingerprint density at radius 3 is 2.93 bits per heavy atom. The van der Waals surface area contributed by atoms with Crippen LogP contribution in [-0.2, 0) is 6.42 Å². The van der Waals surface area contributed by atoms with Crippen molar-refractivity contribution >= 4 is 11.3 Å². The van der Waals surface area contributed by atoms with E-state index in [2.05, 4.69) is 24.1 Å². The highest BCUT2D eigenvalue weighted by Crippen LogP contribution is 2.47. The van der Waals surface area contributed by atoms with Crippen LogP contribution in [0.3, 0.4) is 0 Å². The van der Waals surface area contributed by atoms with Crippen molar-refractivity contribution in [1.29, 1.82) is 0 Å². The van der Waals surface area contributed by atoms with Gasteiger partial charge in [-0.1, -0.05) is 13.8 Å². The monoisotopic (exact) mass is 224 g/mol. The summed E-state index contributed by atoms with van der Waals surface area (Å²) in [4.78, 5) is 5.60. The second kappa shape index (κ2) is 4.62. The van der Waals surface area contributed by atoms with Gasteiger partial charge < -0.3 is 5.32 Å². The van der Waals surface area contributed by atoms with E-state index in [1.54, 1.807) is 11.3 Å². The lowest BCUT2D eigenvalue weighted by molar-refractivity contribution is 0.259. The molecule has 1 aliphatic carbocycles. The number of nitrogens with one attached hydrogen (secondary N) is 1. The van der Waals surface area contributed by atoms with Gasteiger partial charge in [0.25, 0.3) is 0 Å². The van der Waals surface area contributed by atoms with Gasteiger partial charge in [-0.2, -0.15) is 0 Å². The average Bonchev–Trinajstić information content (AvgIpc) is 2.98. The molecule has 1 saturated carbocycles. The molecule has 2 nitrogen and oxygen atoms in total. The third-order valence-electron chi connectivity index (χ3n) is 3.40. The highest BCUT2D eigenvalue weighted by molar-refractivity contribution is 7.09. The van der Waals surface area contributed by atoms with E-state index in [0.717, 1.165) is 19.0 Å². The Balaban J connectivity index is 1.98. The first-order valence-electron chi connectivity index (χ1n) is 5.82. The van der Waals surface area contributed by atoms with Gasteiger partial charge in [-0.3, -0.25) is 4.98 Å². The third kappa shape index (κ3) is 2.79. The molecule has 1 fully saturated rings. The van der Waals surface area contributed by atoms with Crippen LogP contribution in [0.2, 0.25) is 0 Å². The van der Waals surface area contributed by atoms with Gasteiger partial charge in [0, 0.05) is 17.6 Å². The number of rotatable bonds is 6. The molecule has 1 unspecified atom stereocenters. The smallest absolute Gasteiger partial charge is 0.0794 e. The van der Waals surface area contributed by atoms with Crippen LogP contribution in [0, 0.1) is 11.3 Å². The van der Waals surface area contributed by atoms with Crippen molar-refractivity contribution in [2.24, 2.45) is 11.3 Å². The number of hydrogen-bond acceptors (Lipinski definition) is 3. The van der Waals surface area contributed by atoms with Gasteiger partial charge in [0.2, 0.25) is 0 Å². The maximum absolute atomic E-state index is 4.16. The Kier molecular flexibility index (Phi) is 3.42. The standard InChI is InChI=1S/C12H20N2S/c1-3-13-8-12(2,10-4-5-10)6-11-7-14-9-15-11/h7,9-10,13H,3-6,8H2,1-2H3. The SMILES string of the molecule is CCNCC(C)(Cc1cncs1)C1CC1. The van der Waals surface area contributed by atoms with E-state index in [-0.39, 0.29) is 0 Å². The molecular weight excluding hydrogens is 204 g/mol. The molecule has 1 aromatic rings. The van der Waals surface area contributed by atoms with Crippen LogP contribution in [0.5, 0.6) is 0 Å². The van der Waals surface area contributed by atoms with Crippen LogP contribution in [0.4, 0.5) is 0 Å². The molecule has 3 heteroatoms. The first-order valence-corrected chi connectivity index (χ1v) is 6.70. The van der Waals surface area contributed by atoms with Crippen LogP contribution in [0.25, 0.3) is 0 Å². The molecule has 0 spiro atoms. The second-order valence-electron chi connectivity index (χ2n) is 4.85. The molecule has 1 atom stereocenters. The van der Waals surface area contributed by atoms with Crippen LogP contribution in [-0.4, -0.2) is 18.1 Å². The minimum absolute atomic E-state index is 0.447. The molecule has 0 aliphatic heterocycles. The lowest BCUT2D eigenvalue weighted by atomic mass is 9.81. The maximum Gasteiger partial charge on any atom is 0.0794 e. The minimum Gasteiger partial charge on any atom is -0.316 e. The summed E-state index contributed by atoms with van der Waals surface area (Å²) in [5, 5.41) is 3.51. The van der Waals surface area contributed by atoms with Crippen LogP contribution >= 0.6 is 11.3 Å². The molecule has 0 saturated heterocycles. The first kappa shape index (κ1) is 11.1. The zero-order valence-electron chi connectivity index (χ0n) is 9.62. The normalized spacial score (nSPS) is 20.1. The molecule has 1 aromatic heterocycles. The van der Waals surface area contributed by atoms with E-state index in [1.807, 2.05) is 11.7 Å². The molecule has 0 aromatic carbocycles. The molecule has 0 radical (unpaired) electrons. The van der Waals surface area contributed by atoms with Crippen molar-refractivity contribution in [2.45, 2.75) is 33.1 Å². The summed E-state index contributed by atoms with van der Waals surface area (Å²) < 4.78 is 0. The van der Waals surface area contributed by atoms with Crippen molar-refractivity contribution in [3.63, 3.8) is 0 Å². The van der Waals surface area contributed by atoms with Gasteiger partial charge in [-0.25, -0.2) is 0 Å². The van der Waals surface area contributed by atoms with Crippen molar-refractivity contribution < 1.29 is 0 Å². The molecule has 0 amide bonds. The van der Waals surface area contributed by atoms with E-state index in [0.29, 0.717) is 5.41 Å². The fourth-order valence-corrected chi connectivity index (χ4v) is 3.06. The maximum atomic E-state index is 4.16. The highest BCUT2D eigenvalue weighted by Gasteiger charge is 2.41. The van der Waals surface area contributed by atoms with Gasteiger partial charge in [-0.15, -0.1) is 11.3 Å².